The standard InChI is InChI=1S/C7H8N4O2/c1-3-6(12)11-5-4(10-3)7(13)9-2-8-5/h2-3,10H,1H3,(H2,8,9,11,12,13). The van der Waals surface area contributed by atoms with E-state index in [1.807, 2.05) is 0 Å². The Morgan fingerprint density at radius 3 is 3.00 bits per heavy atom. The van der Waals surface area contributed by atoms with Gasteiger partial charge in [0.05, 0.1) is 6.33 Å². The Morgan fingerprint density at radius 2 is 2.23 bits per heavy atom. The number of nitrogens with one attached hydrogen (secondary N) is 3. The molecule has 3 N–H and O–H groups in total. The molecule has 0 fully saturated rings. The van der Waals surface area contributed by atoms with E-state index in [4.69, 9.17) is 0 Å². The topological polar surface area (TPSA) is 86.9 Å². The molecule has 0 bridgehead atoms. The van der Waals surface area contributed by atoms with E-state index >= 15 is 0 Å². The number of hydrogen-bond donors (Lipinski definition) is 3. The number of rotatable bonds is 0. The minimum Gasteiger partial charge on any atom is -0.366 e. The van der Waals surface area contributed by atoms with E-state index in [0.29, 0.717) is 5.69 Å². The molecule has 0 aromatic carbocycles. The predicted molar refractivity (Wildman–Crippen MR) is 46.6 cm³/mol. The Morgan fingerprint density at radius 1 is 1.46 bits per heavy atom. The average Bonchev–Trinajstić information content (AvgIpc) is 2.09. The van der Waals surface area contributed by atoms with Crippen molar-refractivity contribution in [1.82, 2.24) is 9.97 Å². The SMILES string of the molecule is CC1Nc2c(nc[nH]c2=O)NC1=O. The number of carbonyl (C=O) groups is 1. The summed E-state index contributed by atoms with van der Waals surface area (Å²) in [7, 11) is 0. The van der Waals surface area contributed by atoms with E-state index in [0.717, 1.165) is 0 Å². The molecule has 0 aliphatic carbocycles. The maximum absolute atomic E-state index is 11.2. The molecule has 1 aliphatic heterocycles. The van der Waals surface area contributed by atoms with Crippen LogP contribution in [0.1, 0.15) is 6.92 Å². The van der Waals surface area contributed by atoms with Crippen molar-refractivity contribution in [2.45, 2.75) is 13.0 Å². The number of aromatic amines is 1. The molecule has 0 spiro atoms. The van der Waals surface area contributed by atoms with Gasteiger partial charge in [0.1, 0.15) is 11.7 Å². The summed E-state index contributed by atoms with van der Waals surface area (Å²) in [6.45, 7) is 1.67. The zero-order valence-corrected chi connectivity index (χ0v) is 6.92. The number of amides is 1. The van der Waals surface area contributed by atoms with Gasteiger partial charge < -0.3 is 15.6 Å². The van der Waals surface area contributed by atoms with E-state index in [1.165, 1.54) is 6.33 Å². The van der Waals surface area contributed by atoms with Crippen molar-refractivity contribution >= 4 is 17.4 Å². The summed E-state index contributed by atoms with van der Waals surface area (Å²) >= 11 is 0. The number of nitrogens with zero attached hydrogens (tertiary/aromatic N) is 1. The first-order valence-electron chi connectivity index (χ1n) is 3.83. The third-order valence-electron chi connectivity index (χ3n) is 1.85. The third-order valence-corrected chi connectivity index (χ3v) is 1.85. The molecule has 1 aromatic rings. The number of aromatic nitrogens is 2. The lowest BCUT2D eigenvalue weighted by Crippen LogP contribution is -2.39. The summed E-state index contributed by atoms with van der Waals surface area (Å²) in [6, 6.07) is -0.405. The highest BCUT2D eigenvalue weighted by atomic mass is 16.2. The highest BCUT2D eigenvalue weighted by molar-refractivity contribution is 6.01. The molecule has 1 atom stereocenters. The number of carbonyl (C=O) groups excluding carboxylic acids is 1. The Bertz CT molecular complexity index is 411. The average molecular weight is 180 g/mol. The highest BCUT2D eigenvalue weighted by Gasteiger charge is 2.23. The maximum Gasteiger partial charge on any atom is 0.276 e. The van der Waals surface area contributed by atoms with E-state index in [-0.39, 0.29) is 17.3 Å². The molecule has 68 valence electrons. The van der Waals surface area contributed by atoms with Crippen molar-refractivity contribution in [2.24, 2.45) is 0 Å². The zero-order valence-electron chi connectivity index (χ0n) is 6.92. The molecule has 2 rings (SSSR count). The van der Waals surface area contributed by atoms with Crippen LogP contribution in [0.2, 0.25) is 0 Å². The second kappa shape index (κ2) is 2.58. The summed E-state index contributed by atoms with van der Waals surface area (Å²) in [5, 5.41) is 5.28. The van der Waals surface area contributed by atoms with Crippen LogP contribution in [0, 0.1) is 0 Å². The second-order valence-corrected chi connectivity index (χ2v) is 2.81. The molecule has 6 nitrogen and oxygen atoms in total. The summed E-state index contributed by atoms with van der Waals surface area (Å²) in [5.74, 6) is 0.0949. The largest absolute Gasteiger partial charge is 0.366 e. The van der Waals surface area contributed by atoms with Gasteiger partial charge in [0.15, 0.2) is 5.82 Å². The summed E-state index contributed by atoms with van der Waals surface area (Å²) < 4.78 is 0. The lowest BCUT2D eigenvalue weighted by molar-refractivity contribution is -0.116. The fourth-order valence-corrected chi connectivity index (χ4v) is 1.14. The van der Waals surface area contributed by atoms with Crippen LogP contribution in [0.3, 0.4) is 0 Å². The highest BCUT2D eigenvalue weighted by Crippen LogP contribution is 2.18. The molecule has 1 aliphatic rings. The van der Waals surface area contributed by atoms with Crippen molar-refractivity contribution < 1.29 is 4.79 Å². The quantitative estimate of drug-likeness (QED) is 0.503. The maximum atomic E-state index is 11.2. The van der Waals surface area contributed by atoms with E-state index < -0.39 is 6.04 Å². The molecule has 0 radical (unpaired) electrons. The Hall–Kier alpha value is -1.85. The van der Waals surface area contributed by atoms with Crippen LogP contribution in [0.25, 0.3) is 0 Å². The summed E-state index contributed by atoms with van der Waals surface area (Å²) in [6.07, 6.45) is 1.25. The van der Waals surface area contributed by atoms with Crippen molar-refractivity contribution in [3.63, 3.8) is 0 Å². The van der Waals surface area contributed by atoms with Gasteiger partial charge >= 0.3 is 0 Å². The van der Waals surface area contributed by atoms with Crippen LogP contribution in [0.15, 0.2) is 11.1 Å². The number of fused-ring (bicyclic) bond motifs is 1. The molecule has 1 amide bonds. The van der Waals surface area contributed by atoms with Gasteiger partial charge in [-0.2, -0.15) is 0 Å². The van der Waals surface area contributed by atoms with E-state index in [2.05, 4.69) is 20.6 Å². The van der Waals surface area contributed by atoms with Gasteiger partial charge in [-0.1, -0.05) is 0 Å². The van der Waals surface area contributed by atoms with Crippen LogP contribution in [0.5, 0.6) is 0 Å². The third kappa shape index (κ3) is 1.16. The molecule has 13 heavy (non-hydrogen) atoms. The Balaban J connectivity index is 2.54. The minimum atomic E-state index is -0.405. The van der Waals surface area contributed by atoms with E-state index in [1.54, 1.807) is 6.92 Å². The molecule has 1 unspecified atom stereocenters. The molecular formula is C7H8N4O2. The second-order valence-electron chi connectivity index (χ2n) is 2.81. The van der Waals surface area contributed by atoms with Crippen molar-refractivity contribution in [3.05, 3.63) is 16.7 Å². The summed E-state index contributed by atoms with van der Waals surface area (Å²) in [4.78, 5) is 28.6. The van der Waals surface area contributed by atoms with Gasteiger partial charge in [-0.15, -0.1) is 0 Å². The van der Waals surface area contributed by atoms with Crippen LogP contribution < -0.4 is 16.2 Å². The first kappa shape index (κ1) is 7.78. The van der Waals surface area contributed by atoms with Crippen LogP contribution in [0.4, 0.5) is 11.5 Å². The minimum absolute atomic E-state index is 0.189. The van der Waals surface area contributed by atoms with Gasteiger partial charge in [-0.25, -0.2) is 4.98 Å². The number of anilines is 2. The van der Waals surface area contributed by atoms with Gasteiger partial charge in [0.2, 0.25) is 5.91 Å². The smallest absolute Gasteiger partial charge is 0.276 e. The van der Waals surface area contributed by atoms with E-state index in [9.17, 15) is 9.59 Å². The first-order chi connectivity index (χ1) is 6.18. The van der Waals surface area contributed by atoms with Crippen molar-refractivity contribution in [3.8, 4) is 0 Å². The van der Waals surface area contributed by atoms with Gasteiger partial charge in [-0.05, 0) is 6.92 Å². The van der Waals surface area contributed by atoms with Crippen LogP contribution in [-0.2, 0) is 4.79 Å². The predicted octanol–water partition coefficient (Wildman–Crippen LogP) is -0.478. The van der Waals surface area contributed by atoms with Crippen molar-refractivity contribution in [1.29, 1.82) is 0 Å². The lowest BCUT2D eigenvalue weighted by atomic mass is 10.2. The number of H-pyrrole nitrogens is 1. The van der Waals surface area contributed by atoms with Crippen LogP contribution >= 0.6 is 0 Å². The van der Waals surface area contributed by atoms with Gasteiger partial charge in [0, 0.05) is 0 Å². The van der Waals surface area contributed by atoms with Gasteiger partial charge in [-0.3, -0.25) is 9.59 Å². The van der Waals surface area contributed by atoms with Gasteiger partial charge in [0.25, 0.3) is 5.56 Å². The van der Waals surface area contributed by atoms with Crippen molar-refractivity contribution in [2.75, 3.05) is 10.6 Å². The Kier molecular flexibility index (Phi) is 1.54. The molecule has 1 aromatic heterocycles. The zero-order chi connectivity index (χ0) is 9.42. The molecule has 2 heterocycles. The Labute approximate surface area is 73.4 Å². The normalized spacial score (nSPS) is 20.1. The molecule has 6 heteroatoms. The molecule has 0 saturated heterocycles. The lowest BCUT2D eigenvalue weighted by Gasteiger charge is -2.21. The fourth-order valence-electron chi connectivity index (χ4n) is 1.14. The van der Waals surface area contributed by atoms with Crippen LogP contribution in [-0.4, -0.2) is 21.9 Å². The summed E-state index contributed by atoms with van der Waals surface area (Å²) in [5.41, 5.74) is 0.0338. The number of hydrogen-bond acceptors (Lipinski definition) is 4. The molecular weight excluding hydrogens is 172 g/mol. The first-order valence-corrected chi connectivity index (χ1v) is 3.83. The molecule has 0 saturated carbocycles. The fraction of sp³-hybridized carbons (Fsp3) is 0.286. The monoisotopic (exact) mass is 180 g/mol.